The maximum absolute atomic E-state index is 12.7. The fourth-order valence-corrected chi connectivity index (χ4v) is 3.00. The molecule has 2 rings (SSSR count). The monoisotopic (exact) mass is 402 g/mol. The first-order valence-corrected chi connectivity index (χ1v) is 9.97. The molecule has 0 aliphatic carbocycles. The van der Waals surface area contributed by atoms with E-state index in [4.69, 9.17) is 11.6 Å². The summed E-state index contributed by atoms with van der Waals surface area (Å²) in [5, 5.41) is 6.47. The second-order valence-corrected chi connectivity index (χ2v) is 7.62. The van der Waals surface area contributed by atoms with Gasteiger partial charge in [-0.1, -0.05) is 43.6 Å². The van der Waals surface area contributed by atoms with Crippen molar-refractivity contribution in [1.29, 1.82) is 0 Å². The van der Waals surface area contributed by atoms with Gasteiger partial charge in [0.25, 0.3) is 11.8 Å². The number of carbonyl (C=O) groups excluding carboxylic acids is 2. The fourth-order valence-electron chi connectivity index (χ4n) is 2.87. The average Bonchev–Trinajstić information content (AvgIpc) is 2.68. The molecule has 6 heteroatoms. The number of halogens is 1. The first-order chi connectivity index (χ1) is 13.3. The predicted octanol–water partition coefficient (Wildman–Crippen LogP) is 3.33. The van der Waals surface area contributed by atoms with Gasteiger partial charge in [-0.3, -0.25) is 9.59 Å². The number of anilines is 2. The van der Waals surface area contributed by atoms with Crippen molar-refractivity contribution in [3.63, 3.8) is 0 Å². The molecule has 2 aromatic carbocycles. The first kappa shape index (κ1) is 21.9. The molecule has 1 unspecified atom stereocenters. The minimum Gasteiger partial charge on any atom is -0.321 e. The lowest BCUT2D eigenvalue weighted by atomic mass is 9.97. The number of amides is 2. The molecule has 0 saturated carbocycles. The highest BCUT2D eigenvalue weighted by molar-refractivity contribution is 6.30. The number of rotatable bonds is 8. The maximum atomic E-state index is 12.7. The van der Waals surface area contributed by atoms with E-state index in [0.29, 0.717) is 16.6 Å². The van der Waals surface area contributed by atoms with Crippen LogP contribution >= 0.6 is 11.6 Å². The zero-order valence-corrected chi connectivity index (χ0v) is 17.6. The summed E-state index contributed by atoms with van der Waals surface area (Å²) in [5.41, 5.74) is 2.65. The lowest BCUT2D eigenvalue weighted by Crippen LogP contribution is -3.14. The lowest BCUT2D eigenvalue weighted by Gasteiger charge is -2.22. The molecule has 0 spiro atoms. The van der Waals surface area contributed by atoms with Crippen LogP contribution in [-0.2, 0) is 9.59 Å². The molecule has 150 valence electrons. The summed E-state index contributed by atoms with van der Waals surface area (Å²) in [4.78, 5) is 25.8. The van der Waals surface area contributed by atoms with Gasteiger partial charge in [0.1, 0.15) is 0 Å². The zero-order chi connectivity index (χ0) is 20.7. The number of carbonyl (C=O) groups is 2. The molecule has 28 heavy (non-hydrogen) atoms. The molecule has 0 heterocycles. The summed E-state index contributed by atoms with van der Waals surface area (Å²) in [5.74, 6) is 0.106. The topological polar surface area (TPSA) is 62.6 Å². The second kappa shape index (κ2) is 10.2. The third kappa shape index (κ3) is 6.08. The molecule has 5 nitrogen and oxygen atoms in total. The van der Waals surface area contributed by atoms with Crippen molar-refractivity contribution in [3.05, 3.63) is 59.1 Å². The van der Waals surface area contributed by atoms with Crippen LogP contribution in [0.15, 0.2) is 48.5 Å². The Morgan fingerprint density at radius 2 is 1.68 bits per heavy atom. The van der Waals surface area contributed by atoms with E-state index in [1.807, 2.05) is 38.2 Å². The molecule has 0 fully saturated rings. The van der Waals surface area contributed by atoms with Crippen molar-refractivity contribution in [1.82, 2.24) is 0 Å². The van der Waals surface area contributed by atoms with E-state index in [1.54, 1.807) is 24.3 Å². The maximum Gasteiger partial charge on any atom is 0.282 e. The van der Waals surface area contributed by atoms with Gasteiger partial charge in [0.05, 0.1) is 7.05 Å². The minimum atomic E-state index is -0.374. The summed E-state index contributed by atoms with van der Waals surface area (Å²) in [6, 6.07) is 14.4. The molecule has 2 aromatic rings. The normalized spacial score (nSPS) is 14.0. The van der Waals surface area contributed by atoms with E-state index < -0.39 is 0 Å². The summed E-state index contributed by atoms with van der Waals surface area (Å²) in [7, 11) is 1.84. The molecular formula is C22H29ClN3O2+. The van der Waals surface area contributed by atoms with Crippen molar-refractivity contribution in [2.75, 3.05) is 24.2 Å². The highest BCUT2D eigenvalue weighted by Gasteiger charge is 2.25. The standard InChI is InChI=1S/C22H28ClN3O2/c1-5-15(2)19-8-6-7-9-20(19)25-22(28)16(3)26(4)14-21(27)24-18-12-10-17(23)11-13-18/h6-13,15-16H,5,14H2,1-4H3,(H,24,27)(H,25,28)/p+1/t15-,16+/m1/s1. The Kier molecular flexibility index (Phi) is 8.03. The van der Waals surface area contributed by atoms with Gasteiger partial charge in [0.2, 0.25) is 0 Å². The van der Waals surface area contributed by atoms with E-state index in [9.17, 15) is 9.59 Å². The largest absolute Gasteiger partial charge is 0.321 e. The number of likely N-dealkylation sites (N-methyl/N-ethyl adjacent to an activating group) is 1. The Labute approximate surface area is 172 Å². The van der Waals surface area contributed by atoms with Crippen LogP contribution in [0, 0.1) is 0 Å². The Balaban J connectivity index is 1.95. The van der Waals surface area contributed by atoms with Crippen LogP contribution in [-0.4, -0.2) is 31.4 Å². The van der Waals surface area contributed by atoms with Crippen molar-refractivity contribution >= 4 is 34.8 Å². The molecule has 0 aliphatic heterocycles. The van der Waals surface area contributed by atoms with Crippen molar-refractivity contribution < 1.29 is 14.5 Å². The molecule has 0 aliphatic rings. The number of nitrogens with one attached hydrogen (secondary N) is 3. The summed E-state index contributed by atoms with van der Waals surface area (Å²) in [6.07, 6.45) is 0.998. The zero-order valence-electron chi connectivity index (χ0n) is 16.9. The lowest BCUT2D eigenvalue weighted by molar-refractivity contribution is -0.885. The van der Waals surface area contributed by atoms with Crippen molar-refractivity contribution in [2.45, 2.75) is 39.2 Å². The molecule has 3 atom stereocenters. The number of benzene rings is 2. The van der Waals surface area contributed by atoms with Gasteiger partial charge in [0.15, 0.2) is 12.6 Å². The molecule has 0 saturated heterocycles. The smallest absolute Gasteiger partial charge is 0.282 e. The van der Waals surface area contributed by atoms with Crippen LogP contribution in [0.5, 0.6) is 0 Å². The molecule has 0 bridgehead atoms. The number of quaternary nitrogens is 1. The average molecular weight is 403 g/mol. The Morgan fingerprint density at radius 1 is 1.04 bits per heavy atom. The highest BCUT2D eigenvalue weighted by Crippen LogP contribution is 2.26. The van der Waals surface area contributed by atoms with E-state index >= 15 is 0 Å². The van der Waals surface area contributed by atoms with Crippen molar-refractivity contribution in [3.8, 4) is 0 Å². The van der Waals surface area contributed by atoms with E-state index in [0.717, 1.165) is 22.6 Å². The van der Waals surface area contributed by atoms with Crippen LogP contribution in [0.3, 0.4) is 0 Å². The Morgan fingerprint density at radius 3 is 2.32 bits per heavy atom. The summed E-state index contributed by atoms with van der Waals surface area (Å²) < 4.78 is 0. The van der Waals surface area contributed by atoms with E-state index in [2.05, 4.69) is 24.5 Å². The Hall–Kier alpha value is -2.37. The SMILES string of the molecule is CC[C@@H](C)c1ccccc1NC(=O)[C@H](C)[NH+](C)CC(=O)Nc1ccc(Cl)cc1. The number of hydrogen-bond acceptors (Lipinski definition) is 2. The quantitative estimate of drug-likeness (QED) is 0.634. The molecule has 0 aromatic heterocycles. The van der Waals surface area contributed by atoms with Gasteiger partial charge >= 0.3 is 0 Å². The predicted molar refractivity (Wildman–Crippen MR) is 115 cm³/mol. The molecule has 3 N–H and O–H groups in total. The van der Waals surface area contributed by atoms with E-state index in [1.165, 1.54) is 0 Å². The minimum absolute atomic E-state index is 0.104. The van der Waals surface area contributed by atoms with Gasteiger partial charge in [-0.25, -0.2) is 0 Å². The van der Waals surface area contributed by atoms with E-state index in [-0.39, 0.29) is 24.4 Å². The van der Waals surface area contributed by atoms with Crippen LogP contribution in [0.4, 0.5) is 11.4 Å². The second-order valence-electron chi connectivity index (χ2n) is 7.19. The highest BCUT2D eigenvalue weighted by atomic mass is 35.5. The van der Waals surface area contributed by atoms with Gasteiger partial charge in [-0.2, -0.15) is 0 Å². The third-order valence-corrected chi connectivity index (χ3v) is 5.31. The number of para-hydroxylation sites is 1. The first-order valence-electron chi connectivity index (χ1n) is 9.59. The number of hydrogen-bond donors (Lipinski definition) is 3. The fraction of sp³-hybridized carbons (Fsp3) is 0.364. The van der Waals surface area contributed by atoms with Crippen LogP contribution in [0.1, 0.15) is 38.7 Å². The van der Waals surface area contributed by atoms with Crippen LogP contribution in [0.2, 0.25) is 5.02 Å². The van der Waals surface area contributed by atoms with Gasteiger partial charge < -0.3 is 15.5 Å². The third-order valence-electron chi connectivity index (χ3n) is 5.06. The van der Waals surface area contributed by atoms with Gasteiger partial charge in [0, 0.05) is 16.4 Å². The van der Waals surface area contributed by atoms with Gasteiger partial charge in [-0.05, 0) is 55.2 Å². The molecule has 2 amide bonds. The molecular weight excluding hydrogens is 374 g/mol. The van der Waals surface area contributed by atoms with Crippen LogP contribution < -0.4 is 15.5 Å². The summed E-state index contributed by atoms with van der Waals surface area (Å²) >= 11 is 5.85. The van der Waals surface area contributed by atoms with Crippen molar-refractivity contribution in [2.24, 2.45) is 0 Å². The summed E-state index contributed by atoms with van der Waals surface area (Å²) in [6.45, 7) is 6.28. The Bertz CT molecular complexity index is 808. The molecule has 0 radical (unpaired) electrons. The van der Waals surface area contributed by atoms with Gasteiger partial charge in [-0.15, -0.1) is 0 Å². The van der Waals surface area contributed by atoms with Crippen LogP contribution in [0.25, 0.3) is 0 Å².